The summed E-state index contributed by atoms with van der Waals surface area (Å²) in [7, 11) is 1.56. The van der Waals surface area contributed by atoms with E-state index in [4.69, 9.17) is 9.84 Å². The number of amides is 1. The summed E-state index contributed by atoms with van der Waals surface area (Å²) in [4.78, 5) is 34.6. The molecule has 0 saturated heterocycles. The molecule has 0 aliphatic carbocycles. The summed E-state index contributed by atoms with van der Waals surface area (Å²) >= 11 is 0. The molecule has 2 rings (SSSR count). The molecular weight excluding hydrogens is 306 g/mol. The summed E-state index contributed by atoms with van der Waals surface area (Å²) in [6.45, 7) is 1.51. The molecule has 1 amide bonds. The van der Waals surface area contributed by atoms with E-state index in [1.807, 2.05) is 0 Å². The Kier molecular flexibility index (Phi) is 4.74. The standard InChI is InChI=1S/C13H15N5O5/c1-3-23-13(22)8-6-14-17(2)11(8)15-12(21)9-4-5-18(16-9)7-10(19)20/h4-6H,3,7H2,1-2H3,(H,15,21)(H,19,20). The number of hydrogen-bond acceptors (Lipinski definition) is 6. The maximum Gasteiger partial charge on any atom is 0.343 e. The van der Waals surface area contributed by atoms with Crippen molar-refractivity contribution < 1.29 is 24.2 Å². The van der Waals surface area contributed by atoms with Crippen molar-refractivity contribution in [2.24, 2.45) is 7.05 Å². The highest BCUT2D eigenvalue weighted by atomic mass is 16.5. The van der Waals surface area contributed by atoms with Crippen molar-refractivity contribution in [2.45, 2.75) is 13.5 Å². The Morgan fingerprint density at radius 1 is 1.39 bits per heavy atom. The Balaban J connectivity index is 2.17. The average Bonchev–Trinajstić information content (AvgIpc) is 3.07. The Morgan fingerprint density at radius 3 is 2.78 bits per heavy atom. The summed E-state index contributed by atoms with van der Waals surface area (Å²) in [5.41, 5.74) is 0.134. The molecule has 2 heterocycles. The number of carbonyl (C=O) groups is 3. The molecular formula is C13H15N5O5. The van der Waals surface area contributed by atoms with Crippen molar-refractivity contribution in [2.75, 3.05) is 11.9 Å². The van der Waals surface area contributed by atoms with Crippen LogP contribution >= 0.6 is 0 Å². The number of rotatable bonds is 6. The first-order valence-corrected chi connectivity index (χ1v) is 6.68. The Morgan fingerprint density at radius 2 is 2.13 bits per heavy atom. The van der Waals surface area contributed by atoms with Crippen LogP contribution in [0.25, 0.3) is 0 Å². The van der Waals surface area contributed by atoms with Crippen LogP contribution in [0.3, 0.4) is 0 Å². The van der Waals surface area contributed by atoms with Crippen LogP contribution in [0.15, 0.2) is 18.5 Å². The molecule has 0 spiro atoms. The van der Waals surface area contributed by atoms with Gasteiger partial charge in [0.25, 0.3) is 5.91 Å². The molecule has 2 N–H and O–H groups in total. The van der Waals surface area contributed by atoms with Crippen LogP contribution in [0, 0.1) is 0 Å². The van der Waals surface area contributed by atoms with Gasteiger partial charge < -0.3 is 15.2 Å². The van der Waals surface area contributed by atoms with Gasteiger partial charge in [-0.2, -0.15) is 10.2 Å². The lowest BCUT2D eigenvalue weighted by atomic mass is 10.3. The number of nitrogens with zero attached hydrogens (tertiary/aromatic N) is 4. The number of carboxylic acids is 1. The Bertz CT molecular complexity index is 748. The monoisotopic (exact) mass is 321 g/mol. The molecule has 0 fully saturated rings. The SMILES string of the molecule is CCOC(=O)c1cnn(C)c1NC(=O)c1ccn(CC(=O)O)n1. The molecule has 10 nitrogen and oxygen atoms in total. The van der Waals surface area contributed by atoms with Crippen molar-refractivity contribution >= 4 is 23.7 Å². The molecule has 0 bridgehead atoms. The molecule has 0 aliphatic rings. The molecule has 0 unspecified atom stereocenters. The fraction of sp³-hybridized carbons (Fsp3) is 0.308. The van der Waals surface area contributed by atoms with Gasteiger partial charge in [0.1, 0.15) is 17.9 Å². The highest BCUT2D eigenvalue weighted by Gasteiger charge is 2.20. The average molecular weight is 321 g/mol. The number of esters is 1. The van der Waals surface area contributed by atoms with Crippen molar-refractivity contribution in [3.8, 4) is 0 Å². The lowest BCUT2D eigenvalue weighted by Gasteiger charge is -2.06. The number of hydrogen-bond donors (Lipinski definition) is 2. The Hall–Kier alpha value is -3.17. The van der Waals surface area contributed by atoms with E-state index < -0.39 is 17.8 Å². The predicted molar refractivity (Wildman–Crippen MR) is 77.0 cm³/mol. The second-order valence-electron chi connectivity index (χ2n) is 4.50. The maximum atomic E-state index is 12.2. The van der Waals surface area contributed by atoms with Crippen LogP contribution in [0.4, 0.5) is 5.82 Å². The van der Waals surface area contributed by atoms with Gasteiger partial charge in [0.05, 0.1) is 12.8 Å². The zero-order valence-corrected chi connectivity index (χ0v) is 12.5. The van der Waals surface area contributed by atoms with E-state index in [2.05, 4.69) is 15.5 Å². The molecule has 2 aromatic rings. The first-order chi connectivity index (χ1) is 10.9. The minimum absolute atomic E-state index is 0.0160. The number of ether oxygens (including phenoxy) is 1. The second-order valence-corrected chi connectivity index (χ2v) is 4.50. The van der Waals surface area contributed by atoms with E-state index in [9.17, 15) is 14.4 Å². The molecule has 2 aromatic heterocycles. The number of aliphatic carboxylic acids is 1. The first-order valence-electron chi connectivity index (χ1n) is 6.68. The van der Waals surface area contributed by atoms with E-state index in [1.54, 1.807) is 14.0 Å². The van der Waals surface area contributed by atoms with Gasteiger partial charge in [-0.3, -0.25) is 19.0 Å². The van der Waals surface area contributed by atoms with Crippen LogP contribution in [0.2, 0.25) is 0 Å². The van der Waals surface area contributed by atoms with E-state index >= 15 is 0 Å². The van der Waals surface area contributed by atoms with E-state index in [0.717, 1.165) is 4.68 Å². The zero-order valence-electron chi connectivity index (χ0n) is 12.5. The highest BCUT2D eigenvalue weighted by molar-refractivity contribution is 6.06. The first kappa shape index (κ1) is 16.2. The fourth-order valence-electron chi connectivity index (χ4n) is 1.82. The molecule has 0 aromatic carbocycles. The summed E-state index contributed by atoms with van der Waals surface area (Å²) in [5, 5.41) is 19.0. The summed E-state index contributed by atoms with van der Waals surface area (Å²) in [6.07, 6.45) is 2.66. The van der Waals surface area contributed by atoms with Gasteiger partial charge in [0, 0.05) is 13.2 Å². The minimum atomic E-state index is -1.07. The predicted octanol–water partition coefficient (Wildman–Crippen LogP) is 0.130. The Labute approximate surface area is 130 Å². The number of carbonyl (C=O) groups excluding carboxylic acids is 2. The van der Waals surface area contributed by atoms with Crippen molar-refractivity contribution in [1.82, 2.24) is 19.6 Å². The summed E-state index contributed by atoms with van der Waals surface area (Å²) in [5.74, 6) is -2.10. The number of aryl methyl sites for hydroxylation is 1. The lowest BCUT2D eigenvalue weighted by molar-refractivity contribution is -0.137. The second kappa shape index (κ2) is 6.73. The molecule has 0 radical (unpaired) electrons. The van der Waals surface area contributed by atoms with Crippen molar-refractivity contribution in [3.05, 3.63) is 29.7 Å². The number of anilines is 1. The lowest BCUT2D eigenvalue weighted by Crippen LogP contribution is -2.19. The zero-order chi connectivity index (χ0) is 17.0. The van der Waals surface area contributed by atoms with Crippen LogP contribution < -0.4 is 5.32 Å². The van der Waals surface area contributed by atoms with Gasteiger partial charge >= 0.3 is 11.9 Å². The molecule has 0 atom stereocenters. The smallest absolute Gasteiger partial charge is 0.343 e. The number of nitrogens with one attached hydrogen (secondary N) is 1. The van der Waals surface area contributed by atoms with Gasteiger partial charge in [-0.15, -0.1) is 0 Å². The van der Waals surface area contributed by atoms with Gasteiger partial charge in [-0.05, 0) is 13.0 Å². The molecule has 0 saturated carbocycles. The van der Waals surface area contributed by atoms with Crippen LogP contribution in [-0.4, -0.2) is 49.1 Å². The molecule has 122 valence electrons. The quantitative estimate of drug-likeness (QED) is 0.723. The third-order valence-electron chi connectivity index (χ3n) is 2.84. The third kappa shape index (κ3) is 3.73. The van der Waals surface area contributed by atoms with E-state index in [1.165, 1.54) is 23.1 Å². The topological polar surface area (TPSA) is 128 Å². The van der Waals surface area contributed by atoms with E-state index in [-0.39, 0.29) is 30.2 Å². The van der Waals surface area contributed by atoms with Gasteiger partial charge in [-0.25, -0.2) is 4.79 Å². The number of aromatic nitrogens is 4. The minimum Gasteiger partial charge on any atom is -0.480 e. The largest absolute Gasteiger partial charge is 0.480 e. The van der Waals surface area contributed by atoms with Crippen molar-refractivity contribution in [1.29, 1.82) is 0 Å². The van der Waals surface area contributed by atoms with Gasteiger partial charge in [0.15, 0.2) is 5.69 Å². The molecule has 23 heavy (non-hydrogen) atoms. The maximum absolute atomic E-state index is 12.2. The summed E-state index contributed by atoms with van der Waals surface area (Å²) < 4.78 is 7.32. The van der Waals surface area contributed by atoms with Crippen LogP contribution in [0.5, 0.6) is 0 Å². The van der Waals surface area contributed by atoms with E-state index in [0.29, 0.717) is 0 Å². The van der Waals surface area contributed by atoms with Crippen molar-refractivity contribution in [3.63, 3.8) is 0 Å². The number of carboxylic acid groups (broad SMARTS) is 1. The fourth-order valence-corrected chi connectivity index (χ4v) is 1.82. The highest BCUT2D eigenvalue weighted by Crippen LogP contribution is 2.16. The van der Waals surface area contributed by atoms with Gasteiger partial charge in [-0.1, -0.05) is 0 Å². The van der Waals surface area contributed by atoms with Gasteiger partial charge in [0.2, 0.25) is 0 Å². The molecule has 0 aliphatic heterocycles. The van der Waals surface area contributed by atoms with Crippen LogP contribution in [0.1, 0.15) is 27.8 Å². The molecule has 10 heteroatoms. The summed E-state index contributed by atoms with van der Waals surface area (Å²) in [6, 6.07) is 1.37. The third-order valence-corrected chi connectivity index (χ3v) is 2.84. The van der Waals surface area contributed by atoms with Crippen LogP contribution in [-0.2, 0) is 23.1 Å². The normalized spacial score (nSPS) is 10.3.